The van der Waals surface area contributed by atoms with Crippen LogP contribution in [-0.2, 0) is 10.0 Å². The lowest BCUT2D eigenvalue weighted by molar-refractivity contribution is 0.521. The maximum absolute atomic E-state index is 12.3. The van der Waals surface area contributed by atoms with Crippen molar-refractivity contribution in [2.24, 2.45) is 0 Å². The molecule has 1 aliphatic rings. The number of aromatic amines is 1. The van der Waals surface area contributed by atoms with E-state index in [4.69, 9.17) is 0 Å². The molecular weight excluding hydrogens is 426 g/mol. The van der Waals surface area contributed by atoms with Crippen LogP contribution < -0.4 is 10.6 Å². The molecule has 0 bridgehead atoms. The number of nitrogens with zero attached hydrogens (tertiary/aromatic N) is 4. The van der Waals surface area contributed by atoms with E-state index in [1.807, 2.05) is 30.3 Å². The van der Waals surface area contributed by atoms with Crippen molar-refractivity contribution >= 4 is 44.2 Å². The van der Waals surface area contributed by atoms with E-state index < -0.39 is 10.0 Å². The minimum absolute atomic E-state index is 0.222. The predicted molar refractivity (Wildman–Crippen MR) is 124 cm³/mol. The molecule has 2 aromatic heterocycles. The number of fused-ring (bicyclic) bond motifs is 1. The number of H-pyrrole nitrogens is 1. The maximum atomic E-state index is 12.3. The molecule has 0 unspecified atom stereocenters. The van der Waals surface area contributed by atoms with Gasteiger partial charge in [0.1, 0.15) is 5.82 Å². The fourth-order valence-electron chi connectivity index (χ4n) is 3.40. The molecule has 1 fully saturated rings. The lowest BCUT2D eigenvalue weighted by Crippen LogP contribution is -2.22. The van der Waals surface area contributed by atoms with E-state index in [1.165, 1.54) is 31.2 Å². The van der Waals surface area contributed by atoms with Crippen LogP contribution in [0.25, 0.3) is 10.9 Å². The van der Waals surface area contributed by atoms with Crippen molar-refractivity contribution in [2.75, 3.05) is 24.7 Å². The number of aromatic nitrogens is 4. The van der Waals surface area contributed by atoms with Crippen molar-refractivity contribution in [3.63, 3.8) is 0 Å². The Morgan fingerprint density at radius 3 is 2.47 bits per heavy atom. The summed E-state index contributed by atoms with van der Waals surface area (Å²) < 4.78 is 25.7. The van der Waals surface area contributed by atoms with Crippen LogP contribution >= 0.6 is 0 Å². The highest BCUT2D eigenvalue weighted by molar-refractivity contribution is 7.89. The summed E-state index contributed by atoms with van der Waals surface area (Å²) in [6.45, 7) is 0. The smallest absolute Gasteiger partial charge is 0.242 e. The van der Waals surface area contributed by atoms with Gasteiger partial charge >= 0.3 is 0 Å². The molecule has 32 heavy (non-hydrogen) atoms. The minimum atomic E-state index is -3.48. The summed E-state index contributed by atoms with van der Waals surface area (Å²) in [5.41, 5.74) is 2.59. The van der Waals surface area contributed by atoms with Crippen LogP contribution in [0, 0.1) is 0 Å². The first-order valence-electron chi connectivity index (χ1n) is 10.3. The summed E-state index contributed by atoms with van der Waals surface area (Å²) in [5, 5.41) is 14.8. The summed E-state index contributed by atoms with van der Waals surface area (Å²) in [4.78, 5) is 9.47. The first-order chi connectivity index (χ1) is 15.4. The zero-order chi connectivity index (χ0) is 22.3. The van der Waals surface area contributed by atoms with Crippen LogP contribution in [0.1, 0.15) is 24.5 Å². The van der Waals surface area contributed by atoms with Gasteiger partial charge in [-0.15, -0.1) is 0 Å². The van der Waals surface area contributed by atoms with E-state index in [9.17, 15) is 8.42 Å². The summed E-state index contributed by atoms with van der Waals surface area (Å²) in [6.07, 6.45) is 2.39. The summed E-state index contributed by atoms with van der Waals surface area (Å²) in [6, 6.07) is 16.2. The molecule has 9 nitrogen and oxygen atoms in total. The third-order valence-electron chi connectivity index (χ3n) is 5.35. The average Bonchev–Trinajstić information content (AvgIpc) is 3.53. The number of hydrogen-bond donors (Lipinski definition) is 3. The van der Waals surface area contributed by atoms with Gasteiger partial charge in [0.15, 0.2) is 5.82 Å². The van der Waals surface area contributed by atoms with Gasteiger partial charge in [-0.1, -0.05) is 12.1 Å². The molecule has 4 aromatic rings. The van der Waals surface area contributed by atoms with Crippen LogP contribution in [0.3, 0.4) is 0 Å². The van der Waals surface area contributed by atoms with Gasteiger partial charge in [-0.3, -0.25) is 5.10 Å². The lowest BCUT2D eigenvalue weighted by atomic mass is 10.2. The second kappa shape index (κ2) is 7.88. The molecule has 0 atom stereocenters. The second-order valence-electron chi connectivity index (χ2n) is 7.96. The zero-order valence-corrected chi connectivity index (χ0v) is 18.5. The zero-order valence-electron chi connectivity index (χ0n) is 17.7. The maximum Gasteiger partial charge on any atom is 0.242 e. The van der Waals surface area contributed by atoms with E-state index in [-0.39, 0.29) is 4.90 Å². The Kier molecular flexibility index (Phi) is 5.03. The van der Waals surface area contributed by atoms with Crippen molar-refractivity contribution in [3.8, 4) is 0 Å². The van der Waals surface area contributed by atoms with Crippen LogP contribution in [0.15, 0.2) is 59.5 Å². The summed E-state index contributed by atoms with van der Waals surface area (Å²) in [5.74, 6) is 2.32. The number of rotatable bonds is 7. The topological polar surface area (TPSA) is 116 Å². The number of benzene rings is 2. The molecule has 1 saturated carbocycles. The molecular formula is C22H23N7O2S. The monoisotopic (exact) mass is 449 g/mol. The largest absolute Gasteiger partial charge is 0.324 e. The van der Waals surface area contributed by atoms with Crippen molar-refractivity contribution < 1.29 is 8.42 Å². The van der Waals surface area contributed by atoms with Gasteiger partial charge in [0.05, 0.1) is 10.4 Å². The normalized spacial score (nSPS) is 14.1. The third kappa shape index (κ3) is 4.02. The Balaban J connectivity index is 1.44. The van der Waals surface area contributed by atoms with Gasteiger partial charge in [-0.2, -0.15) is 10.1 Å². The van der Waals surface area contributed by atoms with Crippen molar-refractivity contribution in [2.45, 2.75) is 23.7 Å². The fraction of sp³-hybridized carbons (Fsp3) is 0.227. The first-order valence-corrected chi connectivity index (χ1v) is 11.7. The SMILES string of the molecule is CN(C)S(=O)(=O)c1ccc(Nc2nc(Nc3cc(C4CC4)[nH]n3)c3ccccc3n2)cc1. The standard InChI is InChI=1S/C22H23N7O2S/c1-29(2)32(30,31)16-11-9-15(10-12-16)23-22-24-18-6-4-3-5-17(18)21(26-22)25-20-13-19(27-28-20)14-7-8-14/h3-6,9-14H,7-8H2,1-2H3,(H3,23,24,25,26,27,28). The van der Waals surface area contributed by atoms with Gasteiger partial charge < -0.3 is 10.6 Å². The molecule has 1 aliphatic carbocycles. The van der Waals surface area contributed by atoms with Crippen molar-refractivity contribution in [3.05, 3.63) is 60.3 Å². The lowest BCUT2D eigenvalue weighted by Gasteiger charge is -2.13. The second-order valence-corrected chi connectivity index (χ2v) is 10.1. The number of hydrogen-bond acceptors (Lipinski definition) is 7. The average molecular weight is 450 g/mol. The Hall–Kier alpha value is -3.50. The Morgan fingerprint density at radius 2 is 1.75 bits per heavy atom. The Morgan fingerprint density at radius 1 is 1.00 bits per heavy atom. The van der Waals surface area contributed by atoms with Gasteiger partial charge in [0.25, 0.3) is 0 Å². The molecule has 164 valence electrons. The minimum Gasteiger partial charge on any atom is -0.324 e. The number of anilines is 4. The number of sulfonamides is 1. The fourth-order valence-corrected chi connectivity index (χ4v) is 4.31. The van der Waals surface area contributed by atoms with Gasteiger partial charge in [-0.25, -0.2) is 17.7 Å². The van der Waals surface area contributed by atoms with E-state index in [0.717, 1.165) is 16.6 Å². The molecule has 0 spiro atoms. The molecule has 2 heterocycles. The molecule has 0 amide bonds. The molecule has 10 heteroatoms. The van der Waals surface area contributed by atoms with Gasteiger partial charge in [0.2, 0.25) is 16.0 Å². The predicted octanol–water partition coefficient (Wildman–Crippen LogP) is 3.97. The van der Waals surface area contributed by atoms with Crippen LogP contribution in [0.5, 0.6) is 0 Å². The van der Waals surface area contributed by atoms with E-state index in [1.54, 1.807) is 24.3 Å². The number of para-hydroxylation sites is 1. The van der Waals surface area contributed by atoms with Gasteiger partial charge in [-0.05, 0) is 49.2 Å². The van der Waals surface area contributed by atoms with Crippen LogP contribution in [0.2, 0.25) is 0 Å². The quantitative estimate of drug-likeness (QED) is 0.391. The van der Waals surface area contributed by atoms with Gasteiger partial charge in [0, 0.05) is 42.8 Å². The highest BCUT2D eigenvalue weighted by atomic mass is 32.2. The van der Waals surface area contributed by atoms with E-state index in [0.29, 0.717) is 29.2 Å². The first kappa shape index (κ1) is 20.4. The van der Waals surface area contributed by atoms with E-state index >= 15 is 0 Å². The van der Waals surface area contributed by atoms with Crippen LogP contribution in [-0.4, -0.2) is 47.0 Å². The summed E-state index contributed by atoms with van der Waals surface area (Å²) in [7, 11) is -0.470. The molecule has 0 saturated heterocycles. The van der Waals surface area contributed by atoms with E-state index in [2.05, 4.69) is 30.8 Å². The highest BCUT2D eigenvalue weighted by Gasteiger charge is 2.25. The highest BCUT2D eigenvalue weighted by Crippen LogP contribution is 2.39. The van der Waals surface area contributed by atoms with Crippen molar-refractivity contribution in [1.82, 2.24) is 24.5 Å². The molecule has 5 rings (SSSR count). The molecule has 3 N–H and O–H groups in total. The summed E-state index contributed by atoms with van der Waals surface area (Å²) >= 11 is 0. The molecule has 2 aromatic carbocycles. The molecule has 0 aliphatic heterocycles. The Bertz CT molecular complexity index is 1380. The van der Waals surface area contributed by atoms with Crippen molar-refractivity contribution in [1.29, 1.82) is 0 Å². The van der Waals surface area contributed by atoms with Crippen LogP contribution in [0.4, 0.5) is 23.3 Å². The third-order valence-corrected chi connectivity index (χ3v) is 7.18. The number of nitrogens with one attached hydrogen (secondary N) is 3. The molecule has 0 radical (unpaired) electrons. The Labute approximate surface area is 186 Å².